The molecule has 2 aromatic carbocycles. The van der Waals surface area contributed by atoms with Crippen molar-refractivity contribution < 1.29 is 9.53 Å². The molecule has 1 N–H and O–H groups in total. The van der Waals surface area contributed by atoms with Crippen LogP contribution in [0.3, 0.4) is 0 Å². The molecule has 4 heteroatoms. The van der Waals surface area contributed by atoms with Crippen molar-refractivity contribution in [2.24, 2.45) is 0 Å². The Balaban J connectivity index is 1.72. The summed E-state index contributed by atoms with van der Waals surface area (Å²) < 4.78 is 5.91. The van der Waals surface area contributed by atoms with E-state index in [0.717, 1.165) is 23.6 Å². The van der Waals surface area contributed by atoms with Gasteiger partial charge in [-0.3, -0.25) is 9.78 Å². The highest BCUT2D eigenvalue weighted by Crippen LogP contribution is 2.25. The summed E-state index contributed by atoms with van der Waals surface area (Å²) in [5, 5.41) is 2.93. The van der Waals surface area contributed by atoms with E-state index in [0.29, 0.717) is 22.9 Å². The van der Waals surface area contributed by atoms with Crippen molar-refractivity contribution >= 4 is 11.6 Å². The summed E-state index contributed by atoms with van der Waals surface area (Å²) in [7, 11) is 0. The van der Waals surface area contributed by atoms with Crippen LogP contribution >= 0.6 is 0 Å². The van der Waals surface area contributed by atoms with Gasteiger partial charge in [0.2, 0.25) is 0 Å². The van der Waals surface area contributed by atoms with Crippen molar-refractivity contribution in [1.29, 1.82) is 0 Å². The maximum Gasteiger partial charge on any atom is 0.257 e. The van der Waals surface area contributed by atoms with Crippen LogP contribution in [0, 0.1) is 6.92 Å². The Morgan fingerprint density at radius 1 is 1.04 bits per heavy atom. The summed E-state index contributed by atoms with van der Waals surface area (Å²) in [6.07, 6.45) is 0.994. The van der Waals surface area contributed by atoms with Gasteiger partial charge in [0.15, 0.2) is 0 Å². The highest BCUT2D eigenvalue weighted by molar-refractivity contribution is 6.05. The Kier molecular flexibility index (Phi) is 6.09. The predicted molar refractivity (Wildman–Crippen MR) is 113 cm³/mol. The molecule has 144 valence electrons. The standard InChI is InChI=1S/C24H26N2O2/c1-5-18-9-11-20(12-10-18)28-21-8-6-7-19(15-21)26-24(27)22-13-14-23(16(2)3)25-17(22)4/h6-16H,5H2,1-4H3,(H,26,27). The van der Waals surface area contributed by atoms with Gasteiger partial charge in [0.25, 0.3) is 5.91 Å². The molecular formula is C24H26N2O2. The molecule has 1 amide bonds. The number of hydrogen-bond acceptors (Lipinski definition) is 3. The van der Waals surface area contributed by atoms with Gasteiger partial charge < -0.3 is 10.1 Å². The van der Waals surface area contributed by atoms with Gasteiger partial charge in [0.1, 0.15) is 11.5 Å². The Labute approximate surface area is 166 Å². The van der Waals surface area contributed by atoms with Gasteiger partial charge in [-0.05, 0) is 61.2 Å². The normalized spacial score (nSPS) is 10.8. The van der Waals surface area contributed by atoms with E-state index in [4.69, 9.17) is 4.74 Å². The number of aromatic nitrogens is 1. The highest BCUT2D eigenvalue weighted by atomic mass is 16.5. The molecule has 0 fully saturated rings. The van der Waals surface area contributed by atoms with E-state index in [1.54, 1.807) is 0 Å². The zero-order valence-corrected chi connectivity index (χ0v) is 16.8. The molecule has 0 bridgehead atoms. The molecule has 3 rings (SSSR count). The fraction of sp³-hybridized carbons (Fsp3) is 0.250. The number of benzene rings is 2. The average molecular weight is 374 g/mol. The molecular weight excluding hydrogens is 348 g/mol. The number of rotatable bonds is 6. The molecule has 0 saturated carbocycles. The second-order valence-electron chi connectivity index (χ2n) is 7.11. The van der Waals surface area contributed by atoms with E-state index in [9.17, 15) is 4.79 Å². The van der Waals surface area contributed by atoms with E-state index >= 15 is 0 Å². The number of hydrogen-bond donors (Lipinski definition) is 1. The van der Waals surface area contributed by atoms with Crippen molar-refractivity contribution in [3.05, 3.63) is 83.2 Å². The first-order chi connectivity index (χ1) is 13.5. The maximum atomic E-state index is 12.7. The highest BCUT2D eigenvalue weighted by Gasteiger charge is 2.12. The molecule has 0 atom stereocenters. The second-order valence-corrected chi connectivity index (χ2v) is 7.11. The van der Waals surface area contributed by atoms with E-state index < -0.39 is 0 Å². The lowest BCUT2D eigenvalue weighted by molar-refractivity contribution is 0.102. The lowest BCUT2D eigenvalue weighted by atomic mass is 10.1. The summed E-state index contributed by atoms with van der Waals surface area (Å²) in [6, 6.07) is 19.1. The third-order valence-corrected chi connectivity index (χ3v) is 4.60. The Hall–Kier alpha value is -3.14. The van der Waals surface area contributed by atoms with Crippen LogP contribution in [0.15, 0.2) is 60.7 Å². The van der Waals surface area contributed by atoms with Crippen molar-refractivity contribution in [3.63, 3.8) is 0 Å². The minimum Gasteiger partial charge on any atom is -0.457 e. The minimum atomic E-state index is -0.176. The summed E-state index contributed by atoms with van der Waals surface area (Å²) in [6.45, 7) is 8.15. The van der Waals surface area contributed by atoms with Crippen LogP contribution in [0.5, 0.6) is 11.5 Å². The van der Waals surface area contributed by atoms with Crippen LogP contribution < -0.4 is 10.1 Å². The van der Waals surface area contributed by atoms with Gasteiger partial charge in [-0.1, -0.05) is 39.0 Å². The molecule has 28 heavy (non-hydrogen) atoms. The fourth-order valence-corrected chi connectivity index (χ4v) is 2.91. The molecule has 0 aliphatic heterocycles. The van der Waals surface area contributed by atoms with Crippen molar-refractivity contribution in [3.8, 4) is 11.5 Å². The van der Waals surface area contributed by atoms with Crippen molar-refractivity contribution in [2.75, 3.05) is 5.32 Å². The Morgan fingerprint density at radius 2 is 1.79 bits per heavy atom. The number of carbonyl (C=O) groups is 1. The molecule has 0 spiro atoms. The lowest BCUT2D eigenvalue weighted by Crippen LogP contribution is -2.14. The first kappa shape index (κ1) is 19.6. The van der Waals surface area contributed by atoms with E-state index in [-0.39, 0.29) is 5.91 Å². The predicted octanol–water partition coefficient (Wildman–Crippen LogP) is 6.12. The van der Waals surface area contributed by atoms with Gasteiger partial charge >= 0.3 is 0 Å². The van der Waals surface area contributed by atoms with Crippen molar-refractivity contribution in [2.45, 2.75) is 40.0 Å². The van der Waals surface area contributed by atoms with Crippen LogP contribution in [0.25, 0.3) is 0 Å². The van der Waals surface area contributed by atoms with Gasteiger partial charge in [-0.25, -0.2) is 0 Å². The third kappa shape index (κ3) is 4.77. The van der Waals surface area contributed by atoms with Gasteiger partial charge in [0, 0.05) is 17.4 Å². The number of nitrogens with one attached hydrogen (secondary N) is 1. The molecule has 1 aromatic heterocycles. The Bertz CT molecular complexity index is 963. The fourth-order valence-electron chi connectivity index (χ4n) is 2.91. The number of ether oxygens (including phenoxy) is 1. The number of pyridine rings is 1. The summed E-state index contributed by atoms with van der Waals surface area (Å²) in [5.41, 5.74) is 4.23. The van der Waals surface area contributed by atoms with Gasteiger partial charge in [-0.2, -0.15) is 0 Å². The summed E-state index contributed by atoms with van der Waals surface area (Å²) in [5.74, 6) is 1.60. The zero-order chi connectivity index (χ0) is 20.1. The van der Waals surface area contributed by atoms with E-state index in [2.05, 4.69) is 43.2 Å². The molecule has 0 aliphatic carbocycles. The van der Waals surface area contributed by atoms with E-state index in [1.807, 2.05) is 55.5 Å². The zero-order valence-electron chi connectivity index (χ0n) is 16.8. The number of anilines is 1. The molecule has 3 aromatic rings. The molecule has 4 nitrogen and oxygen atoms in total. The topological polar surface area (TPSA) is 51.2 Å². The van der Waals surface area contributed by atoms with E-state index in [1.165, 1.54) is 5.56 Å². The van der Waals surface area contributed by atoms with Gasteiger partial charge in [-0.15, -0.1) is 0 Å². The second kappa shape index (κ2) is 8.70. The molecule has 1 heterocycles. The largest absolute Gasteiger partial charge is 0.457 e. The smallest absolute Gasteiger partial charge is 0.257 e. The average Bonchev–Trinajstić information content (AvgIpc) is 2.68. The molecule has 0 aliphatic rings. The van der Waals surface area contributed by atoms with Crippen LogP contribution in [0.1, 0.15) is 54.0 Å². The lowest BCUT2D eigenvalue weighted by Gasteiger charge is -2.12. The van der Waals surface area contributed by atoms with Crippen LogP contribution in [0.2, 0.25) is 0 Å². The monoisotopic (exact) mass is 374 g/mol. The first-order valence-corrected chi connectivity index (χ1v) is 9.62. The SMILES string of the molecule is CCc1ccc(Oc2cccc(NC(=O)c3ccc(C(C)C)nc3C)c2)cc1. The third-order valence-electron chi connectivity index (χ3n) is 4.60. The van der Waals surface area contributed by atoms with Crippen LogP contribution in [-0.4, -0.2) is 10.9 Å². The minimum absolute atomic E-state index is 0.176. The summed E-state index contributed by atoms with van der Waals surface area (Å²) in [4.78, 5) is 17.2. The molecule has 0 radical (unpaired) electrons. The number of amides is 1. The quantitative estimate of drug-likeness (QED) is 0.565. The van der Waals surface area contributed by atoms with Crippen LogP contribution in [-0.2, 0) is 6.42 Å². The van der Waals surface area contributed by atoms with Gasteiger partial charge in [0.05, 0.1) is 11.3 Å². The number of nitrogens with zero attached hydrogens (tertiary/aromatic N) is 1. The first-order valence-electron chi connectivity index (χ1n) is 9.62. The maximum absolute atomic E-state index is 12.7. The van der Waals surface area contributed by atoms with Crippen molar-refractivity contribution in [1.82, 2.24) is 4.98 Å². The number of carbonyl (C=O) groups excluding carboxylic acids is 1. The molecule has 0 saturated heterocycles. The summed E-state index contributed by atoms with van der Waals surface area (Å²) >= 11 is 0. The molecule has 0 unspecified atom stereocenters. The Morgan fingerprint density at radius 3 is 2.43 bits per heavy atom. The van der Waals surface area contributed by atoms with Crippen LogP contribution in [0.4, 0.5) is 5.69 Å². The number of aryl methyl sites for hydroxylation is 2.